The van der Waals surface area contributed by atoms with Crippen LogP contribution in [-0.2, 0) is 6.42 Å². The van der Waals surface area contributed by atoms with E-state index in [9.17, 15) is 0 Å². The molecule has 0 bridgehead atoms. The summed E-state index contributed by atoms with van der Waals surface area (Å²) >= 11 is 0. The van der Waals surface area contributed by atoms with Crippen LogP contribution < -0.4 is 0 Å². The molecule has 1 aliphatic rings. The second-order valence-electron chi connectivity index (χ2n) is 4.38. The Balaban J connectivity index is 2.41. The van der Waals surface area contributed by atoms with Gasteiger partial charge < -0.3 is 0 Å². The van der Waals surface area contributed by atoms with Gasteiger partial charge in [-0.25, -0.2) is 0 Å². The van der Waals surface area contributed by atoms with Gasteiger partial charge in [0, 0.05) is 11.7 Å². The molecule has 2 heteroatoms. The number of hydrogen-bond donors (Lipinski definition) is 0. The minimum atomic E-state index is 0.508. The fraction of sp³-hybridized carbons (Fsp3) is 0.727. The lowest BCUT2D eigenvalue weighted by Crippen LogP contribution is -2.12. The van der Waals surface area contributed by atoms with Crippen molar-refractivity contribution in [3.63, 3.8) is 0 Å². The number of hydrogen-bond acceptors (Lipinski definition) is 1. The highest BCUT2D eigenvalue weighted by Gasteiger charge is 2.21. The molecular formula is C11H18N2. The summed E-state index contributed by atoms with van der Waals surface area (Å²) in [4.78, 5) is 0. The van der Waals surface area contributed by atoms with E-state index in [0.29, 0.717) is 6.04 Å². The standard InChI is InChI=1S/C11H18N2/c1-8(2)13-11-6-4-5-9(3)10(11)7-12-13/h7-9H,4-6H2,1-3H3. The quantitative estimate of drug-likeness (QED) is 0.646. The molecule has 0 radical (unpaired) electrons. The van der Waals surface area contributed by atoms with E-state index < -0.39 is 0 Å². The topological polar surface area (TPSA) is 17.8 Å². The first-order valence-corrected chi connectivity index (χ1v) is 5.26. The predicted octanol–water partition coefficient (Wildman–Crippen LogP) is 2.90. The lowest BCUT2D eigenvalue weighted by molar-refractivity contribution is 0.484. The van der Waals surface area contributed by atoms with Crippen molar-refractivity contribution in [2.24, 2.45) is 0 Å². The van der Waals surface area contributed by atoms with Crippen LogP contribution in [0.5, 0.6) is 0 Å². The van der Waals surface area contributed by atoms with Gasteiger partial charge in [0.05, 0.1) is 6.20 Å². The van der Waals surface area contributed by atoms with Gasteiger partial charge in [0.1, 0.15) is 0 Å². The van der Waals surface area contributed by atoms with E-state index >= 15 is 0 Å². The third-order valence-corrected chi connectivity index (χ3v) is 3.00. The van der Waals surface area contributed by atoms with Crippen LogP contribution in [0.25, 0.3) is 0 Å². The molecule has 1 atom stereocenters. The maximum absolute atomic E-state index is 4.46. The van der Waals surface area contributed by atoms with Crippen LogP contribution in [0.15, 0.2) is 6.20 Å². The van der Waals surface area contributed by atoms with Gasteiger partial charge in [-0.3, -0.25) is 4.68 Å². The summed E-state index contributed by atoms with van der Waals surface area (Å²) in [6.45, 7) is 6.71. The number of aromatic nitrogens is 2. The lowest BCUT2D eigenvalue weighted by Gasteiger charge is -2.20. The Kier molecular flexibility index (Phi) is 2.14. The van der Waals surface area contributed by atoms with Crippen LogP contribution in [0.1, 0.15) is 56.8 Å². The minimum absolute atomic E-state index is 0.508. The molecule has 0 saturated carbocycles. The van der Waals surface area contributed by atoms with Gasteiger partial charge in [0.15, 0.2) is 0 Å². The van der Waals surface area contributed by atoms with Crippen LogP contribution in [0.4, 0.5) is 0 Å². The van der Waals surface area contributed by atoms with Crippen molar-refractivity contribution >= 4 is 0 Å². The van der Waals surface area contributed by atoms with E-state index in [2.05, 4.69) is 36.7 Å². The largest absolute Gasteiger partial charge is 0.267 e. The first kappa shape index (κ1) is 8.79. The molecule has 72 valence electrons. The lowest BCUT2D eigenvalue weighted by atomic mass is 9.88. The number of nitrogens with zero attached hydrogens (tertiary/aromatic N) is 2. The molecule has 0 saturated heterocycles. The Morgan fingerprint density at radius 1 is 1.54 bits per heavy atom. The molecule has 0 N–H and O–H groups in total. The molecule has 1 heterocycles. The highest BCUT2D eigenvalue weighted by Crippen LogP contribution is 2.31. The van der Waals surface area contributed by atoms with E-state index in [0.717, 1.165) is 5.92 Å². The van der Waals surface area contributed by atoms with Crippen molar-refractivity contribution in [2.45, 2.75) is 52.0 Å². The van der Waals surface area contributed by atoms with Crippen LogP contribution in [-0.4, -0.2) is 9.78 Å². The molecule has 1 aromatic rings. The SMILES string of the molecule is CC1CCCc2c1cnn2C(C)C. The Morgan fingerprint density at radius 2 is 2.31 bits per heavy atom. The fourth-order valence-electron chi connectivity index (χ4n) is 2.25. The van der Waals surface area contributed by atoms with Gasteiger partial charge in [0.2, 0.25) is 0 Å². The van der Waals surface area contributed by atoms with Gasteiger partial charge in [0.25, 0.3) is 0 Å². The van der Waals surface area contributed by atoms with Crippen molar-refractivity contribution < 1.29 is 0 Å². The molecule has 1 aliphatic carbocycles. The smallest absolute Gasteiger partial charge is 0.0527 e. The van der Waals surface area contributed by atoms with Crippen molar-refractivity contribution in [2.75, 3.05) is 0 Å². The highest BCUT2D eigenvalue weighted by atomic mass is 15.3. The van der Waals surface area contributed by atoms with Crippen molar-refractivity contribution in [3.05, 3.63) is 17.5 Å². The van der Waals surface area contributed by atoms with Gasteiger partial charge in [-0.1, -0.05) is 6.92 Å². The van der Waals surface area contributed by atoms with Crippen molar-refractivity contribution in [1.82, 2.24) is 9.78 Å². The molecule has 2 rings (SSSR count). The zero-order chi connectivity index (χ0) is 9.42. The van der Waals surface area contributed by atoms with E-state index in [1.54, 1.807) is 0 Å². The molecule has 2 nitrogen and oxygen atoms in total. The zero-order valence-electron chi connectivity index (χ0n) is 8.75. The Labute approximate surface area is 80.0 Å². The summed E-state index contributed by atoms with van der Waals surface area (Å²) in [6, 6.07) is 0.508. The summed E-state index contributed by atoms with van der Waals surface area (Å²) in [5.74, 6) is 0.719. The molecule has 0 aromatic carbocycles. The molecule has 0 fully saturated rings. The summed E-state index contributed by atoms with van der Waals surface area (Å²) in [6.07, 6.45) is 5.94. The van der Waals surface area contributed by atoms with Crippen LogP contribution in [0.3, 0.4) is 0 Å². The van der Waals surface area contributed by atoms with E-state index in [1.165, 1.54) is 30.5 Å². The number of fused-ring (bicyclic) bond motifs is 1. The Hall–Kier alpha value is -0.790. The fourth-order valence-corrected chi connectivity index (χ4v) is 2.25. The number of rotatable bonds is 1. The monoisotopic (exact) mass is 178 g/mol. The van der Waals surface area contributed by atoms with Crippen molar-refractivity contribution in [1.29, 1.82) is 0 Å². The maximum Gasteiger partial charge on any atom is 0.0527 e. The van der Waals surface area contributed by atoms with E-state index in [4.69, 9.17) is 0 Å². The minimum Gasteiger partial charge on any atom is -0.267 e. The third-order valence-electron chi connectivity index (χ3n) is 3.00. The Morgan fingerprint density at radius 3 is 3.00 bits per heavy atom. The van der Waals surface area contributed by atoms with Crippen LogP contribution in [0, 0.1) is 0 Å². The van der Waals surface area contributed by atoms with Gasteiger partial charge in [-0.2, -0.15) is 5.10 Å². The molecule has 0 spiro atoms. The predicted molar refractivity (Wildman–Crippen MR) is 54.0 cm³/mol. The first-order valence-electron chi connectivity index (χ1n) is 5.26. The first-order chi connectivity index (χ1) is 6.20. The van der Waals surface area contributed by atoms with E-state index in [1.807, 2.05) is 0 Å². The molecular weight excluding hydrogens is 160 g/mol. The van der Waals surface area contributed by atoms with Crippen LogP contribution in [0.2, 0.25) is 0 Å². The average Bonchev–Trinajstić information content (AvgIpc) is 2.48. The van der Waals surface area contributed by atoms with Gasteiger partial charge in [-0.05, 0) is 44.6 Å². The molecule has 0 amide bonds. The molecule has 0 aliphatic heterocycles. The van der Waals surface area contributed by atoms with Gasteiger partial charge >= 0.3 is 0 Å². The summed E-state index contributed by atoms with van der Waals surface area (Å²) < 4.78 is 2.19. The maximum atomic E-state index is 4.46. The van der Waals surface area contributed by atoms with Crippen LogP contribution >= 0.6 is 0 Å². The molecule has 13 heavy (non-hydrogen) atoms. The third kappa shape index (κ3) is 1.38. The second-order valence-corrected chi connectivity index (χ2v) is 4.38. The molecule has 1 aromatic heterocycles. The molecule has 1 unspecified atom stereocenters. The van der Waals surface area contributed by atoms with E-state index in [-0.39, 0.29) is 0 Å². The van der Waals surface area contributed by atoms with Crippen molar-refractivity contribution in [3.8, 4) is 0 Å². The van der Waals surface area contributed by atoms with Gasteiger partial charge in [-0.15, -0.1) is 0 Å². The summed E-state index contributed by atoms with van der Waals surface area (Å²) in [5, 5.41) is 4.46. The Bertz CT molecular complexity index is 286. The normalized spacial score (nSPS) is 22.0. The average molecular weight is 178 g/mol. The summed E-state index contributed by atoms with van der Waals surface area (Å²) in [7, 11) is 0. The highest BCUT2D eigenvalue weighted by molar-refractivity contribution is 5.25. The summed E-state index contributed by atoms with van der Waals surface area (Å²) in [5.41, 5.74) is 2.97. The zero-order valence-corrected chi connectivity index (χ0v) is 8.75. The second kappa shape index (κ2) is 3.17.